The van der Waals surface area contributed by atoms with Crippen LogP contribution in [0.5, 0.6) is 0 Å². The first-order valence-electron chi connectivity index (χ1n) is 8.58. The van der Waals surface area contributed by atoms with Gasteiger partial charge in [0, 0.05) is 23.6 Å². The number of benzene rings is 1. The molecule has 0 saturated carbocycles. The number of halogens is 1. The molecular weight excluding hydrogens is 308 g/mol. The molecule has 3 rings (SSSR count). The smallest absolute Gasteiger partial charge is 0.399 e. The summed E-state index contributed by atoms with van der Waals surface area (Å²) in [5.74, 6) is -0.475. The molecule has 4 nitrogen and oxygen atoms in total. The van der Waals surface area contributed by atoms with Crippen LogP contribution >= 0.6 is 0 Å². The van der Waals surface area contributed by atoms with Gasteiger partial charge >= 0.3 is 7.12 Å². The third kappa shape index (κ3) is 2.86. The molecule has 2 heterocycles. The van der Waals surface area contributed by atoms with Gasteiger partial charge in [-0.2, -0.15) is 0 Å². The van der Waals surface area contributed by atoms with Gasteiger partial charge in [-0.15, -0.1) is 0 Å². The number of nitrogens with zero attached hydrogens (tertiary/aromatic N) is 1. The van der Waals surface area contributed by atoms with Crippen molar-refractivity contribution < 1.29 is 18.5 Å². The van der Waals surface area contributed by atoms with Crippen molar-refractivity contribution in [3.8, 4) is 0 Å². The van der Waals surface area contributed by atoms with Gasteiger partial charge in [-0.3, -0.25) is 4.79 Å². The summed E-state index contributed by atoms with van der Waals surface area (Å²) in [5.41, 5.74) is -0.331. The normalized spacial score (nSPS) is 25.3. The Labute approximate surface area is 143 Å². The Bertz CT molecular complexity index is 646. The van der Waals surface area contributed by atoms with Crippen LogP contribution in [-0.4, -0.2) is 41.7 Å². The molecule has 130 valence electrons. The van der Waals surface area contributed by atoms with Gasteiger partial charge in [-0.1, -0.05) is 0 Å². The zero-order chi connectivity index (χ0) is 17.7. The van der Waals surface area contributed by atoms with E-state index >= 15 is 0 Å². The van der Waals surface area contributed by atoms with Crippen LogP contribution in [0.25, 0.3) is 0 Å². The Kier molecular flexibility index (Phi) is 4.25. The zero-order valence-corrected chi connectivity index (χ0v) is 15.1. The summed E-state index contributed by atoms with van der Waals surface area (Å²) in [4.78, 5) is 14.6. The van der Waals surface area contributed by atoms with E-state index in [4.69, 9.17) is 9.31 Å². The van der Waals surface area contributed by atoms with E-state index in [0.29, 0.717) is 5.56 Å². The highest BCUT2D eigenvalue weighted by atomic mass is 19.1. The molecular formula is C18H25BFNO3. The lowest BCUT2D eigenvalue weighted by atomic mass is 9.78. The van der Waals surface area contributed by atoms with Gasteiger partial charge in [0.15, 0.2) is 0 Å². The lowest BCUT2D eigenvalue weighted by molar-refractivity contribution is 0.00578. The fraction of sp³-hybridized carbons (Fsp3) is 0.611. The summed E-state index contributed by atoms with van der Waals surface area (Å²) < 4.78 is 26.2. The van der Waals surface area contributed by atoms with Crippen LogP contribution in [-0.2, 0) is 9.31 Å². The third-order valence-corrected chi connectivity index (χ3v) is 5.56. The van der Waals surface area contributed by atoms with Crippen molar-refractivity contribution >= 4 is 18.5 Å². The predicted molar refractivity (Wildman–Crippen MR) is 91.8 cm³/mol. The molecule has 1 aromatic carbocycles. The molecule has 0 N–H and O–H groups in total. The second-order valence-electron chi connectivity index (χ2n) is 7.81. The topological polar surface area (TPSA) is 38.8 Å². The standard InChI is InChI=1S/C18H25BFNO3/c1-12-7-6-10-21(12)16(22)13-8-9-15(20)14(11-13)19-23-17(2,3)18(4,5)24-19/h8-9,11-12H,6-7,10H2,1-5H3/t12-/m1/s1. The summed E-state index contributed by atoms with van der Waals surface area (Å²) in [6.45, 7) is 10.5. The average Bonchev–Trinajstić information content (AvgIpc) is 3.00. The van der Waals surface area contributed by atoms with Crippen molar-refractivity contribution in [2.75, 3.05) is 6.54 Å². The summed E-state index contributed by atoms with van der Waals surface area (Å²) in [5, 5.41) is 0. The van der Waals surface area contributed by atoms with Crippen LogP contribution in [0, 0.1) is 5.82 Å². The molecule has 24 heavy (non-hydrogen) atoms. The minimum atomic E-state index is -0.807. The van der Waals surface area contributed by atoms with Gasteiger partial charge in [0.1, 0.15) is 5.82 Å². The van der Waals surface area contributed by atoms with Crippen LogP contribution in [0.4, 0.5) is 4.39 Å². The SMILES string of the molecule is C[C@@H]1CCCN1C(=O)c1ccc(F)c(B2OC(C)(C)C(C)(C)O2)c1. The Hall–Kier alpha value is -1.40. The maximum absolute atomic E-state index is 14.4. The Morgan fingerprint density at radius 1 is 1.25 bits per heavy atom. The molecule has 1 aromatic rings. The van der Waals surface area contributed by atoms with Gasteiger partial charge in [-0.05, 0) is 65.7 Å². The van der Waals surface area contributed by atoms with Gasteiger partial charge in [0.2, 0.25) is 0 Å². The highest BCUT2D eigenvalue weighted by Crippen LogP contribution is 2.36. The summed E-state index contributed by atoms with van der Waals surface area (Å²) in [6, 6.07) is 4.67. The highest BCUT2D eigenvalue weighted by molar-refractivity contribution is 6.62. The van der Waals surface area contributed by atoms with Crippen LogP contribution < -0.4 is 5.46 Å². The molecule has 0 aromatic heterocycles. The molecule has 1 atom stereocenters. The number of likely N-dealkylation sites (tertiary alicyclic amines) is 1. The van der Waals surface area contributed by atoms with Crippen molar-refractivity contribution in [3.05, 3.63) is 29.6 Å². The van der Waals surface area contributed by atoms with E-state index in [2.05, 4.69) is 0 Å². The number of carbonyl (C=O) groups is 1. The summed E-state index contributed by atoms with van der Waals surface area (Å²) in [6.07, 6.45) is 2.02. The van der Waals surface area contributed by atoms with E-state index in [1.807, 2.05) is 39.5 Å². The van der Waals surface area contributed by atoms with Gasteiger partial charge in [0.05, 0.1) is 11.2 Å². The van der Waals surface area contributed by atoms with E-state index in [1.165, 1.54) is 12.1 Å². The molecule has 2 fully saturated rings. The Balaban J connectivity index is 1.89. The molecule has 0 spiro atoms. The monoisotopic (exact) mass is 333 g/mol. The quantitative estimate of drug-likeness (QED) is 0.781. The van der Waals surface area contributed by atoms with Gasteiger partial charge in [-0.25, -0.2) is 4.39 Å². The second kappa shape index (κ2) is 5.85. The first-order chi connectivity index (χ1) is 11.1. The third-order valence-electron chi connectivity index (χ3n) is 5.56. The molecule has 2 aliphatic rings. The molecule has 6 heteroatoms. The fourth-order valence-corrected chi connectivity index (χ4v) is 3.23. The van der Waals surface area contributed by atoms with E-state index < -0.39 is 24.1 Å². The zero-order valence-electron chi connectivity index (χ0n) is 15.1. The lowest BCUT2D eigenvalue weighted by Gasteiger charge is -2.32. The second-order valence-corrected chi connectivity index (χ2v) is 7.81. The number of hydrogen-bond donors (Lipinski definition) is 0. The van der Waals surface area contributed by atoms with E-state index in [9.17, 15) is 9.18 Å². The average molecular weight is 333 g/mol. The van der Waals surface area contributed by atoms with Crippen molar-refractivity contribution in [1.82, 2.24) is 4.90 Å². The van der Waals surface area contributed by atoms with E-state index in [1.54, 1.807) is 6.07 Å². The van der Waals surface area contributed by atoms with Crippen LogP contribution in [0.1, 0.15) is 57.8 Å². The Morgan fingerprint density at radius 2 is 1.88 bits per heavy atom. The van der Waals surface area contributed by atoms with Crippen molar-refractivity contribution in [2.45, 2.75) is 64.7 Å². The van der Waals surface area contributed by atoms with Gasteiger partial charge in [0.25, 0.3) is 5.91 Å². The first-order valence-corrected chi connectivity index (χ1v) is 8.58. The van der Waals surface area contributed by atoms with Crippen molar-refractivity contribution in [1.29, 1.82) is 0 Å². The lowest BCUT2D eigenvalue weighted by Crippen LogP contribution is -2.41. The minimum Gasteiger partial charge on any atom is -0.399 e. The Morgan fingerprint density at radius 3 is 2.42 bits per heavy atom. The summed E-state index contributed by atoms with van der Waals surface area (Å²) >= 11 is 0. The fourth-order valence-electron chi connectivity index (χ4n) is 3.23. The maximum atomic E-state index is 14.4. The van der Waals surface area contributed by atoms with E-state index in [-0.39, 0.29) is 17.4 Å². The van der Waals surface area contributed by atoms with E-state index in [0.717, 1.165) is 19.4 Å². The molecule has 0 unspecified atom stereocenters. The molecule has 1 amide bonds. The maximum Gasteiger partial charge on any atom is 0.497 e. The number of hydrogen-bond acceptors (Lipinski definition) is 3. The van der Waals surface area contributed by atoms with Gasteiger partial charge < -0.3 is 14.2 Å². The predicted octanol–water partition coefficient (Wildman–Crippen LogP) is 2.75. The van der Waals surface area contributed by atoms with Crippen LogP contribution in [0.2, 0.25) is 0 Å². The van der Waals surface area contributed by atoms with Crippen molar-refractivity contribution in [2.24, 2.45) is 0 Å². The molecule has 0 aliphatic carbocycles. The number of carbonyl (C=O) groups excluding carboxylic acids is 1. The molecule has 2 saturated heterocycles. The molecule has 0 radical (unpaired) electrons. The number of rotatable bonds is 2. The largest absolute Gasteiger partial charge is 0.497 e. The molecule has 0 bridgehead atoms. The minimum absolute atomic E-state index is 0.0576. The highest BCUT2D eigenvalue weighted by Gasteiger charge is 2.52. The van der Waals surface area contributed by atoms with Crippen molar-refractivity contribution in [3.63, 3.8) is 0 Å². The van der Waals surface area contributed by atoms with Crippen LogP contribution in [0.3, 0.4) is 0 Å². The molecule has 2 aliphatic heterocycles. The number of amides is 1. The van der Waals surface area contributed by atoms with Crippen LogP contribution in [0.15, 0.2) is 18.2 Å². The first kappa shape index (κ1) is 17.4. The summed E-state index contributed by atoms with van der Waals surface area (Å²) in [7, 11) is -0.807.